The molecule has 0 spiro atoms. The summed E-state index contributed by atoms with van der Waals surface area (Å²) in [4.78, 5) is 0. The Morgan fingerprint density at radius 3 is 1.80 bits per heavy atom. The molecular weight excluding hydrogens is 235 g/mol. The third-order valence-electron chi connectivity index (χ3n) is 1.37. The molecule has 0 saturated carbocycles. The molecule has 0 aliphatic heterocycles. The second-order valence-corrected chi connectivity index (χ2v) is 4.09. The van der Waals surface area contributed by atoms with Gasteiger partial charge in [-0.1, -0.05) is 34.7 Å². The summed E-state index contributed by atoms with van der Waals surface area (Å²) in [5.41, 5.74) is 0. The maximum absolute atomic E-state index is 3.69. The van der Waals surface area contributed by atoms with Crippen LogP contribution in [0.3, 0.4) is 0 Å². The van der Waals surface area contributed by atoms with E-state index in [2.05, 4.69) is 35.7 Å². The third kappa shape index (κ3) is 6.33. The molecular formula is C9H15I. The lowest BCUT2D eigenvalue weighted by atomic mass is 10.1. The lowest BCUT2D eigenvalue weighted by Crippen LogP contribution is -1.94. The van der Waals surface area contributed by atoms with E-state index in [0.717, 1.165) is 16.8 Å². The van der Waals surface area contributed by atoms with Crippen LogP contribution >= 0.6 is 22.6 Å². The van der Waals surface area contributed by atoms with Gasteiger partial charge in [0.05, 0.1) is 0 Å². The van der Waals surface area contributed by atoms with E-state index < -0.39 is 0 Å². The summed E-state index contributed by atoms with van der Waals surface area (Å²) in [5.74, 6) is 0. The van der Waals surface area contributed by atoms with E-state index in [1.807, 2.05) is 12.2 Å². The van der Waals surface area contributed by atoms with Gasteiger partial charge in [0.25, 0.3) is 0 Å². The van der Waals surface area contributed by atoms with Crippen LogP contribution in [0.1, 0.15) is 25.7 Å². The van der Waals surface area contributed by atoms with Gasteiger partial charge >= 0.3 is 0 Å². The maximum Gasteiger partial charge on any atom is 0.0115 e. The summed E-state index contributed by atoms with van der Waals surface area (Å²) in [6.45, 7) is 7.38. The summed E-state index contributed by atoms with van der Waals surface area (Å²) >= 11 is 2.49. The molecule has 58 valence electrons. The molecule has 0 heterocycles. The number of hydrogen-bond acceptors (Lipinski definition) is 0. The summed E-state index contributed by atoms with van der Waals surface area (Å²) in [5, 5.41) is 0. The quantitative estimate of drug-likeness (QED) is 0.383. The van der Waals surface area contributed by atoms with E-state index in [4.69, 9.17) is 0 Å². The Kier molecular flexibility index (Phi) is 7.47. The molecule has 0 aromatic rings. The molecule has 0 aromatic carbocycles. The average Bonchev–Trinajstić information content (AvgIpc) is 1.97. The Bertz CT molecular complexity index is 84.9. The minimum absolute atomic E-state index is 0.800. The molecule has 0 saturated heterocycles. The molecule has 1 heteroatoms. The number of allylic oxidation sites excluding steroid dienone is 2. The second kappa shape index (κ2) is 7.32. The van der Waals surface area contributed by atoms with Gasteiger partial charge in [-0.2, -0.15) is 0 Å². The average molecular weight is 250 g/mol. The minimum Gasteiger partial charge on any atom is -0.103 e. The van der Waals surface area contributed by atoms with E-state index in [0.29, 0.717) is 0 Å². The van der Waals surface area contributed by atoms with Gasteiger partial charge in [-0.05, 0) is 25.7 Å². The van der Waals surface area contributed by atoms with Crippen molar-refractivity contribution < 1.29 is 0 Å². The monoisotopic (exact) mass is 250 g/mol. The Hall–Kier alpha value is 0.210. The fourth-order valence-corrected chi connectivity index (χ4v) is 1.46. The molecule has 0 atom stereocenters. The standard InChI is InChI=1S/C9H15I/c1-3-5-7-9(10)8-6-4-2/h3-4,9H,1-2,5-8H2. The Labute approximate surface area is 77.5 Å². The van der Waals surface area contributed by atoms with Crippen molar-refractivity contribution in [3.8, 4) is 0 Å². The van der Waals surface area contributed by atoms with Crippen LogP contribution in [-0.4, -0.2) is 3.92 Å². The van der Waals surface area contributed by atoms with Gasteiger partial charge < -0.3 is 0 Å². The summed E-state index contributed by atoms with van der Waals surface area (Å²) in [6, 6.07) is 0. The normalized spacial score (nSPS) is 9.80. The molecule has 0 bridgehead atoms. The number of alkyl halides is 1. The van der Waals surface area contributed by atoms with E-state index in [1.54, 1.807) is 0 Å². The van der Waals surface area contributed by atoms with Crippen LogP contribution in [0.25, 0.3) is 0 Å². The maximum atomic E-state index is 3.69. The molecule has 0 radical (unpaired) electrons. The topological polar surface area (TPSA) is 0 Å². The van der Waals surface area contributed by atoms with Gasteiger partial charge in [-0.25, -0.2) is 0 Å². The predicted octanol–water partition coefficient (Wildman–Crippen LogP) is 3.72. The van der Waals surface area contributed by atoms with Crippen molar-refractivity contribution in [3.63, 3.8) is 0 Å². The van der Waals surface area contributed by atoms with Gasteiger partial charge in [0.15, 0.2) is 0 Å². The van der Waals surface area contributed by atoms with E-state index in [1.165, 1.54) is 12.8 Å². The molecule has 0 fully saturated rings. The first-order valence-electron chi connectivity index (χ1n) is 3.67. The van der Waals surface area contributed by atoms with Crippen molar-refractivity contribution in [3.05, 3.63) is 25.3 Å². The fourth-order valence-electron chi connectivity index (χ4n) is 0.742. The molecule has 0 nitrogen and oxygen atoms in total. The van der Waals surface area contributed by atoms with E-state index in [-0.39, 0.29) is 0 Å². The first-order chi connectivity index (χ1) is 4.81. The Morgan fingerprint density at radius 2 is 1.50 bits per heavy atom. The fraction of sp³-hybridized carbons (Fsp3) is 0.556. The van der Waals surface area contributed by atoms with Crippen LogP contribution in [0.15, 0.2) is 25.3 Å². The van der Waals surface area contributed by atoms with E-state index in [9.17, 15) is 0 Å². The Balaban J connectivity index is 3.15. The van der Waals surface area contributed by atoms with Gasteiger partial charge in [-0.3, -0.25) is 0 Å². The zero-order valence-electron chi connectivity index (χ0n) is 6.35. The summed E-state index contributed by atoms with van der Waals surface area (Å²) in [6.07, 6.45) is 8.78. The molecule has 0 rings (SSSR count). The highest BCUT2D eigenvalue weighted by Gasteiger charge is 1.99. The van der Waals surface area contributed by atoms with Crippen molar-refractivity contribution in [1.82, 2.24) is 0 Å². The molecule has 0 amide bonds. The highest BCUT2D eigenvalue weighted by molar-refractivity contribution is 14.1. The van der Waals surface area contributed by atoms with Gasteiger partial charge in [0, 0.05) is 3.92 Å². The lowest BCUT2D eigenvalue weighted by Gasteiger charge is -2.04. The predicted molar refractivity (Wildman–Crippen MR) is 56.7 cm³/mol. The van der Waals surface area contributed by atoms with Crippen molar-refractivity contribution >= 4 is 22.6 Å². The molecule has 0 N–H and O–H groups in total. The molecule has 10 heavy (non-hydrogen) atoms. The van der Waals surface area contributed by atoms with Crippen LogP contribution in [0.5, 0.6) is 0 Å². The summed E-state index contributed by atoms with van der Waals surface area (Å²) in [7, 11) is 0. The van der Waals surface area contributed by atoms with Crippen LogP contribution in [0, 0.1) is 0 Å². The van der Waals surface area contributed by atoms with Crippen molar-refractivity contribution in [2.45, 2.75) is 29.6 Å². The highest BCUT2D eigenvalue weighted by Crippen LogP contribution is 2.15. The van der Waals surface area contributed by atoms with Crippen LogP contribution in [0.2, 0.25) is 0 Å². The largest absolute Gasteiger partial charge is 0.103 e. The van der Waals surface area contributed by atoms with E-state index >= 15 is 0 Å². The van der Waals surface area contributed by atoms with Crippen molar-refractivity contribution in [1.29, 1.82) is 0 Å². The van der Waals surface area contributed by atoms with Crippen LogP contribution < -0.4 is 0 Å². The lowest BCUT2D eigenvalue weighted by molar-refractivity contribution is 0.738. The van der Waals surface area contributed by atoms with Crippen LogP contribution in [-0.2, 0) is 0 Å². The Morgan fingerprint density at radius 1 is 1.10 bits per heavy atom. The van der Waals surface area contributed by atoms with Gasteiger partial charge in [0.2, 0.25) is 0 Å². The SMILES string of the molecule is C=CCCC(I)CCC=C. The molecule has 0 aliphatic rings. The zero-order chi connectivity index (χ0) is 7.82. The molecule has 0 aliphatic carbocycles. The number of halogens is 1. The van der Waals surface area contributed by atoms with Crippen molar-refractivity contribution in [2.75, 3.05) is 0 Å². The number of hydrogen-bond donors (Lipinski definition) is 0. The van der Waals surface area contributed by atoms with Crippen molar-refractivity contribution in [2.24, 2.45) is 0 Å². The van der Waals surface area contributed by atoms with Crippen LogP contribution in [0.4, 0.5) is 0 Å². The smallest absolute Gasteiger partial charge is 0.0115 e. The number of rotatable bonds is 6. The first kappa shape index (κ1) is 10.2. The zero-order valence-corrected chi connectivity index (χ0v) is 8.51. The second-order valence-electron chi connectivity index (χ2n) is 2.33. The summed E-state index contributed by atoms with van der Waals surface area (Å²) < 4.78 is 0.800. The molecule has 0 unspecified atom stereocenters. The molecule has 0 aromatic heterocycles. The highest BCUT2D eigenvalue weighted by atomic mass is 127. The minimum atomic E-state index is 0.800. The van der Waals surface area contributed by atoms with Gasteiger partial charge in [-0.15, -0.1) is 13.2 Å². The van der Waals surface area contributed by atoms with Gasteiger partial charge in [0.1, 0.15) is 0 Å². The third-order valence-corrected chi connectivity index (χ3v) is 2.61. The first-order valence-corrected chi connectivity index (χ1v) is 4.91.